The number of aryl methyl sites for hydroxylation is 2. The Kier molecular flexibility index (Phi) is 3.74. The molecule has 0 saturated carbocycles. The van der Waals surface area contributed by atoms with E-state index in [1.165, 1.54) is 11.6 Å². The molecule has 0 heterocycles. The molecule has 108 valence electrons. The van der Waals surface area contributed by atoms with Crippen LogP contribution in [0, 0.1) is 12.7 Å². The Hall–Kier alpha value is -2.16. The van der Waals surface area contributed by atoms with Crippen LogP contribution in [0.4, 0.5) is 4.39 Å². The van der Waals surface area contributed by atoms with E-state index >= 15 is 0 Å². The zero-order valence-corrected chi connectivity index (χ0v) is 12.0. The van der Waals surface area contributed by atoms with Gasteiger partial charge in [0, 0.05) is 0 Å². The number of rotatable bonds is 2. The predicted octanol–water partition coefficient (Wildman–Crippen LogP) is 3.94. The molecule has 3 rings (SSSR count). The van der Waals surface area contributed by atoms with Crippen LogP contribution in [0.15, 0.2) is 42.5 Å². The first-order chi connectivity index (χ1) is 10.1. The van der Waals surface area contributed by atoms with E-state index in [9.17, 15) is 9.18 Å². The smallest absolute Gasteiger partial charge is 0.254 e. The lowest BCUT2D eigenvalue weighted by molar-refractivity contribution is 0.0928. The SMILES string of the molecule is Cc1ccc(C(=O)NC2CCCc3ccccc32)c(F)c1. The fraction of sp³-hybridized carbons (Fsp3) is 0.278. The van der Waals surface area contributed by atoms with Crippen molar-refractivity contribution in [3.63, 3.8) is 0 Å². The maximum atomic E-state index is 13.9. The molecule has 2 aromatic rings. The number of fused-ring (bicyclic) bond motifs is 1. The van der Waals surface area contributed by atoms with Gasteiger partial charge in [-0.1, -0.05) is 30.3 Å². The van der Waals surface area contributed by atoms with Gasteiger partial charge >= 0.3 is 0 Å². The molecule has 1 aliphatic carbocycles. The number of benzene rings is 2. The summed E-state index contributed by atoms with van der Waals surface area (Å²) in [6.45, 7) is 1.81. The molecular weight excluding hydrogens is 265 g/mol. The van der Waals surface area contributed by atoms with Crippen molar-refractivity contribution < 1.29 is 9.18 Å². The number of amides is 1. The molecule has 3 heteroatoms. The van der Waals surface area contributed by atoms with Crippen LogP contribution in [-0.2, 0) is 6.42 Å². The summed E-state index contributed by atoms with van der Waals surface area (Å²) in [7, 11) is 0. The van der Waals surface area contributed by atoms with Crippen molar-refractivity contribution in [2.45, 2.75) is 32.2 Å². The van der Waals surface area contributed by atoms with Crippen molar-refractivity contribution in [3.8, 4) is 0 Å². The molecule has 0 saturated heterocycles. The van der Waals surface area contributed by atoms with E-state index in [0.717, 1.165) is 30.4 Å². The molecule has 2 nitrogen and oxygen atoms in total. The first kappa shape index (κ1) is 13.8. The molecule has 1 atom stereocenters. The van der Waals surface area contributed by atoms with Gasteiger partial charge in [0.25, 0.3) is 5.91 Å². The maximum Gasteiger partial charge on any atom is 0.254 e. The average Bonchev–Trinajstić information content (AvgIpc) is 2.47. The third-order valence-corrected chi connectivity index (χ3v) is 4.04. The van der Waals surface area contributed by atoms with Crippen LogP contribution in [0.1, 0.15) is 45.9 Å². The zero-order valence-electron chi connectivity index (χ0n) is 12.0. The van der Waals surface area contributed by atoms with Gasteiger partial charge in [-0.2, -0.15) is 0 Å². The molecule has 21 heavy (non-hydrogen) atoms. The van der Waals surface area contributed by atoms with Crippen molar-refractivity contribution in [2.24, 2.45) is 0 Å². The minimum absolute atomic E-state index is 0.0249. The van der Waals surface area contributed by atoms with Crippen molar-refractivity contribution in [1.29, 1.82) is 0 Å². The van der Waals surface area contributed by atoms with Crippen LogP contribution in [0.3, 0.4) is 0 Å². The topological polar surface area (TPSA) is 29.1 Å². The van der Waals surface area contributed by atoms with Crippen LogP contribution in [0.2, 0.25) is 0 Å². The number of hydrogen-bond donors (Lipinski definition) is 1. The Morgan fingerprint density at radius 2 is 2.05 bits per heavy atom. The second kappa shape index (κ2) is 5.68. The minimum atomic E-state index is -0.461. The lowest BCUT2D eigenvalue weighted by Crippen LogP contribution is -2.31. The molecular formula is C18H18FNO. The summed E-state index contributed by atoms with van der Waals surface area (Å²) in [4.78, 5) is 12.3. The summed E-state index contributed by atoms with van der Waals surface area (Å²) in [6.07, 6.45) is 2.98. The second-order valence-corrected chi connectivity index (χ2v) is 5.60. The van der Waals surface area contributed by atoms with Crippen molar-refractivity contribution >= 4 is 5.91 Å². The molecule has 1 N–H and O–H groups in total. The Balaban J connectivity index is 1.83. The van der Waals surface area contributed by atoms with Gasteiger partial charge in [0.05, 0.1) is 11.6 Å². The van der Waals surface area contributed by atoms with Gasteiger partial charge in [-0.15, -0.1) is 0 Å². The van der Waals surface area contributed by atoms with Crippen LogP contribution in [0.25, 0.3) is 0 Å². The molecule has 0 bridgehead atoms. The number of hydrogen-bond acceptors (Lipinski definition) is 1. The third-order valence-electron chi connectivity index (χ3n) is 4.04. The Morgan fingerprint density at radius 3 is 2.86 bits per heavy atom. The standard InChI is InChI=1S/C18H18FNO/c1-12-9-10-15(16(19)11-12)18(21)20-17-8-4-6-13-5-2-3-7-14(13)17/h2-3,5,7,9-11,17H,4,6,8H2,1H3,(H,20,21). The molecule has 0 aliphatic heterocycles. The minimum Gasteiger partial charge on any atom is -0.345 e. The molecule has 0 fully saturated rings. The van der Waals surface area contributed by atoms with Gasteiger partial charge in [-0.25, -0.2) is 4.39 Å². The summed E-state index contributed by atoms with van der Waals surface area (Å²) in [5.41, 5.74) is 3.36. The van der Waals surface area contributed by atoms with Gasteiger partial charge in [0.2, 0.25) is 0 Å². The highest BCUT2D eigenvalue weighted by molar-refractivity contribution is 5.94. The first-order valence-corrected chi connectivity index (χ1v) is 7.30. The van der Waals surface area contributed by atoms with Crippen LogP contribution in [-0.4, -0.2) is 5.91 Å². The van der Waals surface area contributed by atoms with Crippen LogP contribution < -0.4 is 5.32 Å². The molecule has 0 spiro atoms. The highest BCUT2D eigenvalue weighted by Gasteiger charge is 2.22. The molecule has 2 aromatic carbocycles. The summed E-state index contributed by atoms with van der Waals surface area (Å²) >= 11 is 0. The second-order valence-electron chi connectivity index (χ2n) is 5.60. The molecule has 1 aliphatic rings. The summed E-state index contributed by atoms with van der Waals surface area (Å²) in [5.74, 6) is -0.800. The van der Waals surface area contributed by atoms with E-state index in [2.05, 4.69) is 11.4 Å². The van der Waals surface area contributed by atoms with Gasteiger partial charge in [-0.05, 0) is 55.0 Å². The monoisotopic (exact) mass is 283 g/mol. The van der Waals surface area contributed by atoms with Crippen LogP contribution >= 0.6 is 0 Å². The summed E-state index contributed by atoms with van der Waals surface area (Å²) in [6, 6.07) is 12.8. The van der Waals surface area contributed by atoms with Gasteiger partial charge in [0.15, 0.2) is 0 Å². The Bertz CT molecular complexity index is 681. The largest absolute Gasteiger partial charge is 0.345 e. The van der Waals surface area contributed by atoms with Gasteiger partial charge < -0.3 is 5.32 Å². The lowest BCUT2D eigenvalue weighted by atomic mass is 9.87. The number of halogens is 1. The van der Waals surface area contributed by atoms with E-state index in [4.69, 9.17) is 0 Å². The quantitative estimate of drug-likeness (QED) is 0.888. The Labute approximate surface area is 124 Å². The molecule has 0 aromatic heterocycles. The number of nitrogens with one attached hydrogen (secondary N) is 1. The normalized spacial score (nSPS) is 17.1. The first-order valence-electron chi connectivity index (χ1n) is 7.30. The average molecular weight is 283 g/mol. The van der Waals surface area contributed by atoms with E-state index < -0.39 is 5.82 Å². The van der Waals surface area contributed by atoms with Crippen molar-refractivity contribution in [3.05, 3.63) is 70.5 Å². The molecule has 1 unspecified atom stereocenters. The number of carbonyl (C=O) groups excluding carboxylic acids is 1. The number of carbonyl (C=O) groups is 1. The van der Waals surface area contributed by atoms with E-state index in [0.29, 0.717) is 0 Å². The van der Waals surface area contributed by atoms with Crippen molar-refractivity contribution in [2.75, 3.05) is 0 Å². The highest BCUT2D eigenvalue weighted by atomic mass is 19.1. The summed E-state index contributed by atoms with van der Waals surface area (Å²) < 4.78 is 13.9. The fourth-order valence-corrected chi connectivity index (χ4v) is 2.94. The van der Waals surface area contributed by atoms with E-state index in [1.54, 1.807) is 12.1 Å². The fourth-order valence-electron chi connectivity index (χ4n) is 2.94. The molecule has 0 radical (unpaired) electrons. The van der Waals surface area contributed by atoms with Gasteiger partial charge in [0.1, 0.15) is 5.82 Å². The highest BCUT2D eigenvalue weighted by Crippen LogP contribution is 2.29. The van der Waals surface area contributed by atoms with Gasteiger partial charge in [-0.3, -0.25) is 4.79 Å². The maximum absolute atomic E-state index is 13.9. The summed E-state index contributed by atoms with van der Waals surface area (Å²) in [5, 5.41) is 2.97. The van der Waals surface area contributed by atoms with Crippen molar-refractivity contribution in [1.82, 2.24) is 5.32 Å². The third kappa shape index (κ3) is 2.82. The van der Waals surface area contributed by atoms with Crippen LogP contribution in [0.5, 0.6) is 0 Å². The van der Waals surface area contributed by atoms with E-state index in [-0.39, 0.29) is 17.5 Å². The Morgan fingerprint density at radius 1 is 1.24 bits per heavy atom. The molecule has 1 amide bonds. The lowest BCUT2D eigenvalue weighted by Gasteiger charge is -2.26. The predicted molar refractivity (Wildman–Crippen MR) is 80.7 cm³/mol. The van der Waals surface area contributed by atoms with E-state index in [1.807, 2.05) is 25.1 Å². The zero-order chi connectivity index (χ0) is 14.8.